The Labute approximate surface area is 189 Å². The maximum atomic E-state index is 12.2. The van der Waals surface area contributed by atoms with E-state index in [9.17, 15) is 4.79 Å². The third-order valence-electron chi connectivity index (χ3n) is 4.60. The smallest absolute Gasteiger partial charge is 0.368 e. The first kappa shape index (κ1) is 21.0. The van der Waals surface area contributed by atoms with Crippen LogP contribution in [-0.4, -0.2) is 18.8 Å². The van der Waals surface area contributed by atoms with E-state index in [1.807, 2.05) is 42.5 Å². The summed E-state index contributed by atoms with van der Waals surface area (Å²) in [6.07, 6.45) is 1.67. The molecule has 5 nitrogen and oxygen atoms in total. The third-order valence-corrected chi connectivity index (χ3v) is 5.13. The van der Waals surface area contributed by atoms with E-state index >= 15 is 0 Å². The van der Waals surface area contributed by atoms with Crippen molar-refractivity contribution in [2.45, 2.75) is 6.61 Å². The number of nitrogens with zero attached hydrogens (tertiary/aromatic N) is 1. The lowest BCUT2D eigenvalue weighted by Gasteiger charge is -2.14. The highest BCUT2D eigenvalue weighted by Gasteiger charge is 2.27. The molecule has 1 heterocycles. The van der Waals surface area contributed by atoms with Crippen LogP contribution < -0.4 is 9.47 Å². The zero-order valence-corrected chi connectivity index (χ0v) is 18.0. The molecule has 0 saturated heterocycles. The topological polar surface area (TPSA) is 57.1 Å². The van der Waals surface area contributed by atoms with Crippen molar-refractivity contribution >= 4 is 41.0 Å². The first-order valence-electron chi connectivity index (χ1n) is 9.37. The first-order chi connectivity index (χ1) is 15.0. The van der Waals surface area contributed by atoms with Gasteiger partial charge in [-0.15, -0.1) is 0 Å². The SMILES string of the molecule is COc1cc(/C=C2\C(=O)ON=C2c2ccccc2)cc(Cl)c1OCc1ccc(Cl)cc1. The van der Waals surface area contributed by atoms with E-state index < -0.39 is 5.97 Å². The molecule has 0 aliphatic carbocycles. The Balaban J connectivity index is 1.62. The molecule has 7 heteroatoms. The van der Waals surface area contributed by atoms with E-state index in [1.54, 1.807) is 30.3 Å². The molecule has 0 N–H and O–H groups in total. The quantitative estimate of drug-likeness (QED) is 0.343. The van der Waals surface area contributed by atoms with E-state index in [0.717, 1.165) is 11.1 Å². The fourth-order valence-corrected chi connectivity index (χ4v) is 3.48. The van der Waals surface area contributed by atoms with Gasteiger partial charge in [-0.25, -0.2) is 4.79 Å². The van der Waals surface area contributed by atoms with Gasteiger partial charge in [-0.05, 0) is 41.5 Å². The van der Waals surface area contributed by atoms with Gasteiger partial charge < -0.3 is 14.3 Å². The summed E-state index contributed by atoms with van der Waals surface area (Å²) in [6.45, 7) is 0.296. The van der Waals surface area contributed by atoms with Crippen molar-refractivity contribution in [2.75, 3.05) is 7.11 Å². The van der Waals surface area contributed by atoms with Gasteiger partial charge in [0.25, 0.3) is 0 Å². The molecular weight excluding hydrogens is 437 g/mol. The molecule has 0 fully saturated rings. The number of hydrogen-bond donors (Lipinski definition) is 0. The second-order valence-corrected chi connectivity index (χ2v) is 7.54. The molecule has 31 heavy (non-hydrogen) atoms. The van der Waals surface area contributed by atoms with Crippen LogP contribution in [0.4, 0.5) is 0 Å². The van der Waals surface area contributed by atoms with Gasteiger partial charge in [-0.2, -0.15) is 0 Å². The number of hydrogen-bond acceptors (Lipinski definition) is 5. The molecule has 3 aromatic carbocycles. The normalized spacial score (nSPS) is 14.4. The summed E-state index contributed by atoms with van der Waals surface area (Å²) in [6, 6.07) is 20.1. The van der Waals surface area contributed by atoms with Crippen LogP contribution in [0.1, 0.15) is 16.7 Å². The molecule has 0 bridgehead atoms. The predicted molar refractivity (Wildman–Crippen MR) is 121 cm³/mol. The lowest BCUT2D eigenvalue weighted by molar-refractivity contribution is -0.136. The number of carbonyl (C=O) groups is 1. The number of benzene rings is 3. The number of halogens is 2. The molecule has 0 radical (unpaired) electrons. The molecule has 1 aliphatic heterocycles. The summed E-state index contributed by atoms with van der Waals surface area (Å²) in [5.41, 5.74) is 3.16. The van der Waals surface area contributed by atoms with Crippen LogP contribution in [0.3, 0.4) is 0 Å². The summed E-state index contributed by atoms with van der Waals surface area (Å²) in [4.78, 5) is 17.1. The molecule has 3 aromatic rings. The number of rotatable bonds is 6. The second kappa shape index (κ2) is 9.25. The van der Waals surface area contributed by atoms with Crippen molar-refractivity contribution in [3.63, 3.8) is 0 Å². The highest BCUT2D eigenvalue weighted by atomic mass is 35.5. The summed E-state index contributed by atoms with van der Waals surface area (Å²) in [5, 5.41) is 4.92. The van der Waals surface area contributed by atoms with Gasteiger partial charge in [0, 0.05) is 10.6 Å². The first-order valence-corrected chi connectivity index (χ1v) is 10.1. The average Bonchev–Trinajstić information content (AvgIpc) is 3.14. The molecule has 0 aromatic heterocycles. The fourth-order valence-electron chi connectivity index (χ4n) is 3.08. The summed E-state index contributed by atoms with van der Waals surface area (Å²) in [7, 11) is 1.53. The molecular formula is C24H17Cl2NO4. The van der Waals surface area contributed by atoms with E-state index in [1.165, 1.54) is 7.11 Å². The zero-order valence-electron chi connectivity index (χ0n) is 16.5. The third kappa shape index (κ3) is 4.74. The minimum Gasteiger partial charge on any atom is -0.493 e. The van der Waals surface area contributed by atoms with Crippen LogP contribution in [-0.2, 0) is 16.2 Å². The van der Waals surface area contributed by atoms with Gasteiger partial charge in [-0.3, -0.25) is 0 Å². The van der Waals surface area contributed by atoms with Crippen LogP contribution >= 0.6 is 23.2 Å². The lowest BCUT2D eigenvalue weighted by Crippen LogP contribution is -2.06. The van der Waals surface area contributed by atoms with Crippen molar-refractivity contribution in [1.82, 2.24) is 0 Å². The minimum atomic E-state index is -0.531. The summed E-state index contributed by atoms with van der Waals surface area (Å²) < 4.78 is 11.4. The number of methoxy groups -OCH3 is 1. The van der Waals surface area contributed by atoms with E-state index in [2.05, 4.69) is 5.16 Å². The Bertz CT molecular complexity index is 1170. The molecule has 0 atom stereocenters. The molecule has 4 rings (SSSR count). The highest BCUT2D eigenvalue weighted by Crippen LogP contribution is 2.38. The molecule has 0 unspecified atom stereocenters. The van der Waals surface area contributed by atoms with Crippen LogP contribution in [0.2, 0.25) is 10.0 Å². The van der Waals surface area contributed by atoms with Crippen molar-refractivity contribution in [2.24, 2.45) is 5.16 Å². The Kier molecular flexibility index (Phi) is 6.26. The molecule has 1 aliphatic rings. The predicted octanol–water partition coefficient (Wildman–Crippen LogP) is 5.93. The minimum absolute atomic E-state index is 0.296. The summed E-state index contributed by atoms with van der Waals surface area (Å²) >= 11 is 12.4. The van der Waals surface area contributed by atoms with Gasteiger partial charge in [-0.1, -0.05) is 70.8 Å². The van der Waals surface area contributed by atoms with Crippen LogP contribution in [0.25, 0.3) is 6.08 Å². The van der Waals surface area contributed by atoms with Crippen LogP contribution in [0, 0.1) is 0 Å². The summed E-state index contributed by atoms with van der Waals surface area (Å²) in [5.74, 6) is 0.321. The lowest BCUT2D eigenvalue weighted by atomic mass is 10.0. The van der Waals surface area contributed by atoms with Gasteiger partial charge in [0.05, 0.1) is 17.7 Å². The van der Waals surface area contributed by atoms with Crippen LogP contribution in [0.15, 0.2) is 77.5 Å². The Hall–Kier alpha value is -3.28. The van der Waals surface area contributed by atoms with Crippen molar-refractivity contribution in [1.29, 1.82) is 0 Å². The average molecular weight is 454 g/mol. The van der Waals surface area contributed by atoms with E-state index in [4.69, 9.17) is 37.5 Å². The van der Waals surface area contributed by atoms with Gasteiger partial charge in [0.1, 0.15) is 12.3 Å². The van der Waals surface area contributed by atoms with E-state index in [0.29, 0.717) is 45.0 Å². The van der Waals surface area contributed by atoms with Crippen molar-refractivity contribution < 1.29 is 19.1 Å². The largest absolute Gasteiger partial charge is 0.493 e. The van der Waals surface area contributed by atoms with Gasteiger partial charge >= 0.3 is 5.97 Å². The molecule has 0 amide bonds. The van der Waals surface area contributed by atoms with Gasteiger partial charge in [0.15, 0.2) is 11.5 Å². The maximum absolute atomic E-state index is 12.2. The van der Waals surface area contributed by atoms with Crippen molar-refractivity contribution in [3.8, 4) is 11.5 Å². The maximum Gasteiger partial charge on any atom is 0.368 e. The number of ether oxygens (including phenoxy) is 2. The fraction of sp³-hybridized carbons (Fsp3) is 0.0833. The number of carbonyl (C=O) groups excluding carboxylic acids is 1. The second-order valence-electron chi connectivity index (χ2n) is 6.69. The molecule has 0 spiro atoms. The standard InChI is InChI=1S/C24H17Cl2NO4/c1-29-21-13-16(11-19-22(27-31-24(19)28)17-5-3-2-4-6-17)12-20(26)23(21)30-14-15-7-9-18(25)10-8-15/h2-13H,14H2,1H3/b19-11-. The number of oxime groups is 1. The molecule has 0 saturated carbocycles. The van der Waals surface area contributed by atoms with Gasteiger partial charge in [0.2, 0.25) is 0 Å². The Morgan fingerprint density at radius 2 is 1.77 bits per heavy atom. The Morgan fingerprint density at radius 3 is 2.48 bits per heavy atom. The van der Waals surface area contributed by atoms with E-state index in [-0.39, 0.29) is 0 Å². The zero-order chi connectivity index (χ0) is 21.8. The monoisotopic (exact) mass is 453 g/mol. The molecule has 156 valence electrons. The van der Waals surface area contributed by atoms with Crippen LogP contribution in [0.5, 0.6) is 11.5 Å². The highest BCUT2D eigenvalue weighted by molar-refractivity contribution is 6.33. The van der Waals surface area contributed by atoms with Crippen molar-refractivity contribution in [3.05, 3.63) is 99.0 Å². The Morgan fingerprint density at radius 1 is 1.03 bits per heavy atom.